The van der Waals surface area contributed by atoms with E-state index in [1.807, 2.05) is 36.2 Å². The average molecular weight is 355 g/mol. The van der Waals surface area contributed by atoms with Crippen molar-refractivity contribution in [2.24, 2.45) is 5.92 Å². The van der Waals surface area contributed by atoms with Gasteiger partial charge in [0.25, 0.3) is 0 Å². The summed E-state index contributed by atoms with van der Waals surface area (Å²) in [5.74, 6) is 1.15. The highest BCUT2D eigenvalue weighted by atomic mass is 35.5. The van der Waals surface area contributed by atoms with Gasteiger partial charge in [0.05, 0.1) is 7.11 Å². The van der Waals surface area contributed by atoms with Gasteiger partial charge in [0.1, 0.15) is 5.75 Å². The first-order valence-electron chi connectivity index (χ1n) is 8.26. The molecule has 1 N–H and O–H groups in total. The van der Waals surface area contributed by atoms with Crippen molar-refractivity contribution >= 4 is 24.1 Å². The Morgan fingerprint density at radius 3 is 2.38 bits per heavy atom. The Hall–Kier alpha value is -1.59. The zero-order valence-electron chi connectivity index (χ0n) is 14.4. The Bertz CT molecular complexity index is 526. The molecule has 1 amide bonds. The highest BCUT2D eigenvalue weighted by Gasteiger charge is 2.27. The molecule has 0 bridgehead atoms. The van der Waals surface area contributed by atoms with Gasteiger partial charge in [0.2, 0.25) is 5.91 Å². The number of carbonyl (C=O) groups excluding carboxylic acids is 2. The quantitative estimate of drug-likeness (QED) is 0.604. The van der Waals surface area contributed by atoms with Crippen LogP contribution in [0.2, 0.25) is 0 Å². The van der Waals surface area contributed by atoms with Crippen molar-refractivity contribution in [3.8, 4) is 5.75 Å². The Kier molecular flexibility index (Phi) is 8.79. The number of hydrogen-bond acceptors (Lipinski definition) is 4. The summed E-state index contributed by atoms with van der Waals surface area (Å²) in [5.41, 5.74) is 0.726. The number of halogens is 1. The SMILES string of the molecule is CNCCCC(=O)N1CCC(C(=O)c2ccc(OC)cc2)CC1.Cl. The van der Waals surface area contributed by atoms with Crippen LogP contribution in [0.3, 0.4) is 0 Å². The van der Waals surface area contributed by atoms with Crippen LogP contribution in [0.4, 0.5) is 0 Å². The van der Waals surface area contributed by atoms with E-state index in [0.717, 1.165) is 37.1 Å². The second-order valence-electron chi connectivity index (χ2n) is 5.95. The van der Waals surface area contributed by atoms with E-state index in [9.17, 15) is 9.59 Å². The lowest BCUT2D eigenvalue weighted by Crippen LogP contribution is -2.40. The molecule has 0 unspecified atom stereocenters. The normalized spacial score (nSPS) is 14.8. The summed E-state index contributed by atoms with van der Waals surface area (Å²) in [6.07, 6.45) is 2.95. The molecule has 6 heteroatoms. The van der Waals surface area contributed by atoms with Gasteiger partial charge in [-0.25, -0.2) is 0 Å². The third-order valence-electron chi connectivity index (χ3n) is 4.41. The van der Waals surface area contributed by atoms with Crippen LogP contribution < -0.4 is 10.1 Å². The molecule has 0 saturated carbocycles. The third-order valence-corrected chi connectivity index (χ3v) is 4.41. The largest absolute Gasteiger partial charge is 0.497 e. The molecule has 134 valence electrons. The smallest absolute Gasteiger partial charge is 0.222 e. The van der Waals surface area contributed by atoms with Crippen LogP contribution in [-0.4, -0.2) is 50.4 Å². The first-order chi connectivity index (χ1) is 11.2. The van der Waals surface area contributed by atoms with Crippen LogP contribution in [0.5, 0.6) is 5.75 Å². The number of piperidine rings is 1. The maximum atomic E-state index is 12.5. The zero-order valence-corrected chi connectivity index (χ0v) is 15.2. The number of amides is 1. The summed E-state index contributed by atoms with van der Waals surface area (Å²) in [5, 5.41) is 3.05. The van der Waals surface area contributed by atoms with Crippen molar-refractivity contribution in [2.75, 3.05) is 33.8 Å². The van der Waals surface area contributed by atoms with Gasteiger partial charge in [-0.05, 0) is 57.1 Å². The van der Waals surface area contributed by atoms with Crippen LogP contribution in [0.15, 0.2) is 24.3 Å². The molecule has 1 aromatic carbocycles. The molecule has 1 aliphatic heterocycles. The number of methoxy groups -OCH3 is 1. The van der Waals surface area contributed by atoms with E-state index in [4.69, 9.17) is 4.74 Å². The standard InChI is InChI=1S/C18H26N2O3.ClH/c1-19-11-3-4-17(21)20-12-9-15(10-13-20)18(22)14-5-7-16(23-2)8-6-14;/h5-8,15,19H,3-4,9-13H2,1-2H3;1H. The van der Waals surface area contributed by atoms with E-state index >= 15 is 0 Å². The predicted octanol–water partition coefficient (Wildman–Crippen LogP) is 2.54. The summed E-state index contributed by atoms with van der Waals surface area (Å²) >= 11 is 0. The Labute approximate surface area is 150 Å². The maximum Gasteiger partial charge on any atom is 0.222 e. The molecule has 0 aliphatic carbocycles. The van der Waals surface area contributed by atoms with E-state index in [1.54, 1.807) is 7.11 Å². The van der Waals surface area contributed by atoms with Crippen LogP contribution in [-0.2, 0) is 4.79 Å². The van der Waals surface area contributed by atoms with Gasteiger partial charge in [0, 0.05) is 31.0 Å². The number of Topliss-reactive ketones (excluding diaryl/α,β-unsaturated/α-hetero) is 1. The molecule has 0 atom stereocenters. The van der Waals surface area contributed by atoms with Crippen LogP contribution in [0.25, 0.3) is 0 Å². The van der Waals surface area contributed by atoms with Crippen LogP contribution in [0, 0.1) is 5.92 Å². The minimum atomic E-state index is 0. The van der Waals surface area contributed by atoms with Gasteiger partial charge in [0.15, 0.2) is 5.78 Å². The van der Waals surface area contributed by atoms with Crippen molar-refractivity contribution < 1.29 is 14.3 Å². The monoisotopic (exact) mass is 354 g/mol. The summed E-state index contributed by atoms with van der Waals surface area (Å²) in [6.45, 7) is 2.23. The van der Waals surface area contributed by atoms with Gasteiger partial charge in [-0.3, -0.25) is 9.59 Å². The Morgan fingerprint density at radius 2 is 1.83 bits per heavy atom. The van der Waals surface area contributed by atoms with Gasteiger partial charge in [-0.15, -0.1) is 12.4 Å². The number of rotatable bonds is 7. The molecule has 1 aromatic rings. The fourth-order valence-electron chi connectivity index (χ4n) is 2.96. The molecule has 0 aromatic heterocycles. The fraction of sp³-hybridized carbons (Fsp3) is 0.556. The molecule has 24 heavy (non-hydrogen) atoms. The molecule has 1 saturated heterocycles. The van der Waals surface area contributed by atoms with E-state index in [-0.39, 0.29) is 30.0 Å². The molecule has 5 nitrogen and oxygen atoms in total. The molecule has 1 fully saturated rings. The number of benzene rings is 1. The lowest BCUT2D eigenvalue weighted by atomic mass is 9.88. The zero-order chi connectivity index (χ0) is 16.7. The van der Waals surface area contributed by atoms with Crippen LogP contribution in [0.1, 0.15) is 36.0 Å². The van der Waals surface area contributed by atoms with E-state index < -0.39 is 0 Å². The molecular weight excluding hydrogens is 328 g/mol. The van der Waals surface area contributed by atoms with E-state index in [0.29, 0.717) is 19.5 Å². The Morgan fingerprint density at radius 1 is 1.21 bits per heavy atom. The second kappa shape index (κ2) is 10.3. The lowest BCUT2D eigenvalue weighted by Gasteiger charge is -2.31. The minimum absolute atomic E-state index is 0. The average Bonchev–Trinajstić information content (AvgIpc) is 2.61. The topological polar surface area (TPSA) is 58.6 Å². The summed E-state index contributed by atoms with van der Waals surface area (Å²) in [7, 11) is 3.50. The molecule has 0 spiro atoms. The minimum Gasteiger partial charge on any atom is -0.497 e. The molecule has 2 rings (SSSR count). The van der Waals surface area contributed by atoms with Crippen molar-refractivity contribution in [2.45, 2.75) is 25.7 Å². The highest BCUT2D eigenvalue weighted by Crippen LogP contribution is 2.23. The number of nitrogens with zero attached hydrogens (tertiary/aromatic N) is 1. The molecule has 1 aliphatic rings. The number of hydrogen-bond donors (Lipinski definition) is 1. The van der Waals surface area contributed by atoms with Crippen LogP contribution >= 0.6 is 12.4 Å². The third kappa shape index (κ3) is 5.49. The van der Waals surface area contributed by atoms with Gasteiger partial charge in [-0.1, -0.05) is 0 Å². The lowest BCUT2D eigenvalue weighted by molar-refractivity contribution is -0.132. The maximum absolute atomic E-state index is 12.5. The summed E-state index contributed by atoms with van der Waals surface area (Å²) in [4.78, 5) is 26.5. The van der Waals surface area contributed by atoms with Crippen molar-refractivity contribution in [1.82, 2.24) is 10.2 Å². The molecular formula is C18H27ClN2O3. The summed E-state index contributed by atoms with van der Waals surface area (Å²) in [6, 6.07) is 7.26. The van der Waals surface area contributed by atoms with Gasteiger partial charge >= 0.3 is 0 Å². The predicted molar refractivity (Wildman–Crippen MR) is 97.0 cm³/mol. The molecule has 1 heterocycles. The highest BCUT2D eigenvalue weighted by molar-refractivity contribution is 5.98. The molecule has 0 radical (unpaired) electrons. The number of nitrogens with one attached hydrogen (secondary N) is 1. The van der Waals surface area contributed by atoms with Crippen molar-refractivity contribution in [3.63, 3.8) is 0 Å². The van der Waals surface area contributed by atoms with Gasteiger partial charge in [-0.2, -0.15) is 0 Å². The Balaban J connectivity index is 0.00000288. The van der Waals surface area contributed by atoms with E-state index in [2.05, 4.69) is 5.32 Å². The summed E-state index contributed by atoms with van der Waals surface area (Å²) < 4.78 is 5.12. The first kappa shape index (κ1) is 20.5. The van der Waals surface area contributed by atoms with Crippen molar-refractivity contribution in [3.05, 3.63) is 29.8 Å². The number of ether oxygens (including phenoxy) is 1. The fourth-order valence-corrected chi connectivity index (χ4v) is 2.96. The van der Waals surface area contributed by atoms with E-state index in [1.165, 1.54) is 0 Å². The van der Waals surface area contributed by atoms with Crippen molar-refractivity contribution in [1.29, 1.82) is 0 Å². The van der Waals surface area contributed by atoms with Gasteiger partial charge < -0.3 is 15.0 Å². The number of ketones is 1. The number of likely N-dealkylation sites (tertiary alicyclic amines) is 1. The first-order valence-corrected chi connectivity index (χ1v) is 8.26. The second-order valence-corrected chi connectivity index (χ2v) is 5.95. The number of carbonyl (C=O) groups is 2.